The predicted molar refractivity (Wildman–Crippen MR) is 65.1 cm³/mol. The lowest BCUT2D eigenvalue weighted by atomic mass is 9.68. The molecular formula is C15H18O. The molecule has 0 radical (unpaired) electrons. The maximum Gasteiger partial charge on any atom is 0.0496 e. The molecular weight excluding hydrogens is 196 g/mol. The lowest BCUT2D eigenvalue weighted by molar-refractivity contribution is 0.0972. The summed E-state index contributed by atoms with van der Waals surface area (Å²) in [6.45, 7) is 2.52. The van der Waals surface area contributed by atoms with Crippen molar-refractivity contribution >= 4 is 0 Å². The molecule has 2 aliphatic rings. The van der Waals surface area contributed by atoms with Crippen LogP contribution in [0.1, 0.15) is 24.8 Å². The Balaban J connectivity index is 2.04. The fourth-order valence-electron chi connectivity index (χ4n) is 3.69. The number of allylic oxidation sites excluding steroid dienone is 2. The molecule has 0 unspecified atom stereocenters. The van der Waals surface area contributed by atoms with Gasteiger partial charge in [-0.1, -0.05) is 49.4 Å². The van der Waals surface area contributed by atoms with E-state index in [-0.39, 0.29) is 12.0 Å². The predicted octanol–water partition coefficient (Wildman–Crippen LogP) is 2.97. The first-order valence-corrected chi connectivity index (χ1v) is 6.10. The molecule has 16 heavy (non-hydrogen) atoms. The van der Waals surface area contributed by atoms with Crippen molar-refractivity contribution in [1.82, 2.24) is 0 Å². The van der Waals surface area contributed by atoms with Gasteiger partial charge >= 0.3 is 0 Å². The van der Waals surface area contributed by atoms with Crippen LogP contribution in [0.4, 0.5) is 0 Å². The molecule has 1 heteroatoms. The maximum absolute atomic E-state index is 9.75. The van der Waals surface area contributed by atoms with E-state index in [4.69, 9.17) is 0 Å². The summed E-state index contributed by atoms with van der Waals surface area (Å²) < 4.78 is 0. The SMILES string of the molecule is C[C@@]1(CO)[C@H](c2ccccc2)[C@@H]2C=C[C@H]1C2. The van der Waals surface area contributed by atoms with Gasteiger partial charge in [-0.3, -0.25) is 0 Å². The summed E-state index contributed by atoms with van der Waals surface area (Å²) in [5, 5.41) is 9.75. The Bertz CT molecular complexity index is 409. The van der Waals surface area contributed by atoms with E-state index in [2.05, 4.69) is 49.4 Å². The van der Waals surface area contributed by atoms with Gasteiger partial charge in [-0.15, -0.1) is 0 Å². The van der Waals surface area contributed by atoms with Gasteiger partial charge in [-0.2, -0.15) is 0 Å². The average Bonchev–Trinajstić information content (AvgIpc) is 2.89. The van der Waals surface area contributed by atoms with Crippen LogP contribution in [0, 0.1) is 17.3 Å². The van der Waals surface area contributed by atoms with Gasteiger partial charge in [-0.05, 0) is 29.7 Å². The van der Waals surface area contributed by atoms with Crippen LogP contribution in [0.25, 0.3) is 0 Å². The van der Waals surface area contributed by atoms with Crippen LogP contribution in [0.2, 0.25) is 0 Å². The quantitative estimate of drug-likeness (QED) is 0.750. The summed E-state index contributed by atoms with van der Waals surface area (Å²) in [5.41, 5.74) is 1.43. The fraction of sp³-hybridized carbons (Fsp3) is 0.467. The molecule has 1 N–H and O–H groups in total. The Morgan fingerprint density at radius 2 is 2.00 bits per heavy atom. The summed E-state index contributed by atoms with van der Waals surface area (Å²) in [4.78, 5) is 0. The standard InChI is InChI=1S/C15H18O/c1-15(10-16)13-8-7-12(9-13)14(15)11-5-3-2-4-6-11/h2-8,12-14,16H,9-10H2,1H3/t12-,13+,14-,15+/m1/s1. The first-order chi connectivity index (χ1) is 7.75. The number of aliphatic hydroxyl groups is 1. The Hall–Kier alpha value is -1.08. The van der Waals surface area contributed by atoms with E-state index in [0.29, 0.717) is 17.8 Å². The molecule has 1 aromatic rings. The average molecular weight is 214 g/mol. The summed E-state index contributed by atoms with van der Waals surface area (Å²) in [6.07, 6.45) is 5.87. The Kier molecular flexibility index (Phi) is 2.18. The van der Waals surface area contributed by atoms with Crippen molar-refractivity contribution in [2.24, 2.45) is 17.3 Å². The molecule has 0 aromatic heterocycles. The number of hydrogen-bond donors (Lipinski definition) is 1. The minimum absolute atomic E-state index is 0.0424. The first kappa shape index (κ1) is 10.1. The number of fused-ring (bicyclic) bond motifs is 2. The smallest absolute Gasteiger partial charge is 0.0496 e. The molecule has 1 fully saturated rings. The van der Waals surface area contributed by atoms with Crippen molar-refractivity contribution in [3.05, 3.63) is 48.0 Å². The van der Waals surface area contributed by atoms with Crippen LogP contribution >= 0.6 is 0 Å². The number of hydrogen-bond acceptors (Lipinski definition) is 1. The van der Waals surface area contributed by atoms with Gasteiger partial charge in [0.25, 0.3) is 0 Å². The highest BCUT2D eigenvalue weighted by atomic mass is 16.3. The molecule has 0 amide bonds. The van der Waals surface area contributed by atoms with E-state index in [9.17, 15) is 5.11 Å². The maximum atomic E-state index is 9.75. The molecule has 1 aromatic carbocycles. The summed E-state index contributed by atoms with van der Waals surface area (Å²) in [6, 6.07) is 10.7. The zero-order valence-electron chi connectivity index (χ0n) is 9.63. The Morgan fingerprint density at radius 1 is 1.25 bits per heavy atom. The highest BCUT2D eigenvalue weighted by Crippen LogP contribution is 2.60. The van der Waals surface area contributed by atoms with Gasteiger partial charge in [-0.25, -0.2) is 0 Å². The van der Waals surface area contributed by atoms with Crippen LogP contribution in [-0.2, 0) is 0 Å². The molecule has 84 valence electrons. The van der Waals surface area contributed by atoms with E-state index in [1.807, 2.05) is 0 Å². The van der Waals surface area contributed by atoms with Crippen LogP contribution < -0.4 is 0 Å². The third-order valence-electron chi connectivity index (χ3n) is 4.60. The van der Waals surface area contributed by atoms with Crippen LogP contribution in [0.3, 0.4) is 0 Å². The summed E-state index contributed by atoms with van der Waals surface area (Å²) in [7, 11) is 0. The third kappa shape index (κ3) is 1.21. The minimum Gasteiger partial charge on any atom is -0.396 e. The highest BCUT2D eigenvalue weighted by molar-refractivity contribution is 5.32. The van der Waals surface area contributed by atoms with E-state index >= 15 is 0 Å². The van der Waals surface area contributed by atoms with E-state index in [1.54, 1.807) is 0 Å². The highest BCUT2D eigenvalue weighted by Gasteiger charge is 2.52. The second-order valence-electron chi connectivity index (χ2n) is 5.44. The normalized spacial score (nSPS) is 40.5. The zero-order valence-corrected chi connectivity index (χ0v) is 9.63. The lowest BCUT2D eigenvalue weighted by Crippen LogP contribution is -2.33. The second kappa shape index (κ2) is 3.46. The number of aliphatic hydroxyl groups excluding tert-OH is 1. The first-order valence-electron chi connectivity index (χ1n) is 6.10. The molecule has 0 aliphatic heterocycles. The second-order valence-corrected chi connectivity index (χ2v) is 5.44. The Labute approximate surface area is 96.8 Å². The molecule has 4 atom stereocenters. The van der Waals surface area contributed by atoms with Crippen molar-refractivity contribution in [2.75, 3.05) is 6.61 Å². The topological polar surface area (TPSA) is 20.2 Å². The number of benzene rings is 1. The van der Waals surface area contributed by atoms with E-state index in [0.717, 1.165) is 0 Å². The third-order valence-corrected chi connectivity index (χ3v) is 4.60. The largest absolute Gasteiger partial charge is 0.396 e. The summed E-state index contributed by atoms with van der Waals surface area (Å²) in [5.74, 6) is 1.69. The molecule has 0 spiro atoms. The van der Waals surface area contributed by atoms with E-state index in [1.165, 1.54) is 12.0 Å². The molecule has 2 aliphatic carbocycles. The van der Waals surface area contributed by atoms with Gasteiger partial charge in [0.1, 0.15) is 0 Å². The minimum atomic E-state index is 0.0424. The summed E-state index contributed by atoms with van der Waals surface area (Å²) >= 11 is 0. The zero-order chi connectivity index (χ0) is 11.2. The molecule has 1 saturated carbocycles. The van der Waals surface area contributed by atoms with Crippen molar-refractivity contribution in [3.63, 3.8) is 0 Å². The van der Waals surface area contributed by atoms with Gasteiger partial charge in [0.05, 0.1) is 0 Å². The van der Waals surface area contributed by atoms with E-state index < -0.39 is 0 Å². The molecule has 0 saturated heterocycles. The van der Waals surface area contributed by atoms with Gasteiger partial charge in [0, 0.05) is 12.0 Å². The lowest BCUT2D eigenvalue weighted by Gasteiger charge is -2.37. The molecule has 2 bridgehead atoms. The molecule has 1 nitrogen and oxygen atoms in total. The molecule has 3 rings (SSSR count). The van der Waals surface area contributed by atoms with Gasteiger partial charge in [0.15, 0.2) is 0 Å². The van der Waals surface area contributed by atoms with Gasteiger partial charge < -0.3 is 5.11 Å². The molecule has 0 heterocycles. The van der Waals surface area contributed by atoms with Crippen LogP contribution in [0.15, 0.2) is 42.5 Å². The number of rotatable bonds is 2. The van der Waals surface area contributed by atoms with Crippen molar-refractivity contribution in [3.8, 4) is 0 Å². The van der Waals surface area contributed by atoms with Crippen LogP contribution in [-0.4, -0.2) is 11.7 Å². The van der Waals surface area contributed by atoms with Crippen molar-refractivity contribution < 1.29 is 5.11 Å². The Morgan fingerprint density at radius 3 is 2.69 bits per heavy atom. The van der Waals surface area contributed by atoms with Crippen molar-refractivity contribution in [1.29, 1.82) is 0 Å². The van der Waals surface area contributed by atoms with Crippen molar-refractivity contribution in [2.45, 2.75) is 19.3 Å². The fourth-order valence-corrected chi connectivity index (χ4v) is 3.69. The van der Waals surface area contributed by atoms with Crippen LogP contribution in [0.5, 0.6) is 0 Å². The monoisotopic (exact) mass is 214 g/mol. The van der Waals surface area contributed by atoms with Gasteiger partial charge in [0.2, 0.25) is 0 Å².